The number of hydrogen-bond acceptors (Lipinski definition) is 2. The number of rotatable bonds is 4. The van der Waals surface area contributed by atoms with E-state index in [0.717, 1.165) is 31.2 Å². The van der Waals surface area contributed by atoms with Gasteiger partial charge in [0.1, 0.15) is 5.75 Å². The highest BCUT2D eigenvalue weighted by Crippen LogP contribution is 2.27. The van der Waals surface area contributed by atoms with E-state index < -0.39 is 0 Å². The maximum atomic E-state index is 12.6. The van der Waals surface area contributed by atoms with Crippen LogP contribution in [0.3, 0.4) is 0 Å². The zero-order valence-corrected chi connectivity index (χ0v) is 12.0. The summed E-state index contributed by atoms with van der Waals surface area (Å²) in [5.74, 6) is 0.372. The summed E-state index contributed by atoms with van der Waals surface area (Å²) < 4.78 is 0. The molecule has 0 radical (unpaired) electrons. The predicted octanol–water partition coefficient (Wildman–Crippen LogP) is 3.32. The molecule has 0 atom stereocenters. The number of alkyl halides is 1. The van der Waals surface area contributed by atoms with E-state index in [1.54, 1.807) is 18.2 Å². The number of carbonyl (C=O) groups is 1. The summed E-state index contributed by atoms with van der Waals surface area (Å²) in [5.41, 5.74) is 1.36. The molecule has 0 aromatic heterocycles. The van der Waals surface area contributed by atoms with Crippen molar-refractivity contribution >= 4 is 17.5 Å². The molecular formula is C15H20ClNO2. The van der Waals surface area contributed by atoms with E-state index in [2.05, 4.69) is 0 Å². The molecule has 1 fully saturated rings. The number of aromatic hydroxyl groups is 1. The molecule has 3 nitrogen and oxygen atoms in total. The summed E-state index contributed by atoms with van der Waals surface area (Å²) in [6.07, 6.45) is 4.40. The van der Waals surface area contributed by atoms with E-state index in [9.17, 15) is 9.90 Å². The molecule has 1 amide bonds. The normalized spacial score (nSPS) is 15.7. The first-order valence-electron chi connectivity index (χ1n) is 6.80. The van der Waals surface area contributed by atoms with Gasteiger partial charge in [-0.1, -0.05) is 24.5 Å². The molecule has 19 heavy (non-hydrogen) atoms. The van der Waals surface area contributed by atoms with Crippen LogP contribution in [0.1, 0.15) is 41.6 Å². The quantitative estimate of drug-likeness (QED) is 0.860. The van der Waals surface area contributed by atoms with Crippen molar-refractivity contribution in [3.63, 3.8) is 0 Å². The van der Waals surface area contributed by atoms with Crippen LogP contribution < -0.4 is 0 Å². The summed E-state index contributed by atoms with van der Waals surface area (Å²) in [4.78, 5) is 14.4. The van der Waals surface area contributed by atoms with E-state index in [0.29, 0.717) is 18.0 Å². The monoisotopic (exact) mass is 281 g/mol. The SMILES string of the molecule is Cc1ccc(O)c(C(=O)N(CCCl)C2CCCC2)c1. The van der Waals surface area contributed by atoms with Crippen molar-refractivity contribution < 1.29 is 9.90 Å². The fraction of sp³-hybridized carbons (Fsp3) is 0.533. The van der Waals surface area contributed by atoms with Gasteiger partial charge in [-0.3, -0.25) is 4.79 Å². The maximum absolute atomic E-state index is 12.6. The Labute approximate surface area is 119 Å². The van der Waals surface area contributed by atoms with Gasteiger partial charge in [-0.2, -0.15) is 0 Å². The first-order chi connectivity index (χ1) is 9.13. The van der Waals surface area contributed by atoms with Crippen molar-refractivity contribution in [2.24, 2.45) is 0 Å². The third-order valence-electron chi connectivity index (χ3n) is 3.73. The average Bonchev–Trinajstić information content (AvgIpc) is 2.92. The summed E-state index contributed by atoms with van der Waals surface area (Å²) in [6, 6.07) is 5.39. The molecule has 0 saturated heterocycles. The molecule has 104 valence electrons. The largest absolute Gasteiger partial charge is 0.507 e. The van der Waals surface area contributed by atoms with E-state index in [1.807, 2.05) is 11.8 Å². The van der Waals surface area contributed by atoms with Gasteiger partial charge in [0.2, 0.25) is 0 Å². The molecule has 1 aromatic carbocycles. The van der Waals surface area contributed by atoms with Crippen molar-refractivity contribution in [2.45, 2.75) is 38.6 Å². The fourth-order valence-electron chi connectivity index (χ4n) is 2.73. The van der Waals surface area contributed by atoms with Crippen molar-refractivity contribution in [3.05, 3.63) is 29.3 Å². The van der Waals surface area contributed by atoms with Crippen LogP contribution in [0.25, 0.3) is 0 Å². The highest BCUT2D eigenvalue weighted by atomic mass is 35.5. The van der Waals surface area contributed by atoms with Crippen LogP contribution in [0.4, 0.5) is 0 Å². The van der Waals surface area contributed by atoms with Gasteiger partial charge in [0, 0.05) is 18.5 Å². The van der Waals surface area contributed by atoms with Gasteiger partial charge in [0.15, 0.2) is 0 Å². The molecule has 0 heterocycles. The smallest absolute Gasteiger partial charge is 0.257 e. The second-order valence-electron chi connectivity index (χ2n) is 5.15. The molecule has 1 aliphatic rings. The van der Waals surface area contributed by atoms with E-state index in [-0.39, 0.29) is 17.7 Å². The summed E-state index contributed by atoms with van der Waals surface area (Å²) in [5, 5.41) is 9.88. The predicted molar refractivity (Wildman–Crippen MR) is 76.9 cm³/mol. The van der Waals surface area contributed by atoms with Gasteiger partial charge < -0.3 is 10.0 Å². The minimum Gasteiger partial charge on any atom is -0.507 e. The number of benzene rings is 1. The van der Waals surface area contributed by atoms with Crippen molar-refractivity contribution in [1.29, 1.82) is 0 Å². The van der Waals surface area contributed by atoms with Gasteiger partial charge in [-0.05, 0) is 31.9 Å². The Bertz CT molecular complexity index is 455. The van der Waals surface area contributed by atoms with Crippen LogP contribution in [0.5, 0.6) is 5.75 Å². The molecule has 0 aliphatic heterocycles. The van der Waals surface area contributed by atoms with Gasteiger partial charge >= 0.3 is 0 Å². The average molecular weight is 282 g/mol. The second kappa shape index (κ2) is 6.29. The molecule has 1 aliphatic carbocycles. The van der Waals surface area contributed by atoms with Crippen LogP contribution in [0, 0.1) is 6.92 Å². The lowest BCUT2D eigenvalue weighted by molar-refractivity contribution is 0.0692. The Balaban J connectivity index is 2.25. The van der Waals surface area contributed by atoms with E-state index >= 15 is 0 Å². The lowest BCUT2D eigenvalue weighted by Crippen LogP contribution is -2.40. The summed E-state index contributed by atoms with van der Waals surface area (Å²) in [6.45, 7) is 2.45. The number of phenolic OH excluding ortho intramolecular Hbond substituents is 1. The highest BCUT2D eigenvalue weighted by Gasteiger charge is 2.28. The Hall–Kier alpha value is -1.22. The molecule has 1 aromatic rings. The molecule has 0 unspecified atom stereocenters. The topological polar surface area (TPSA) is 40.5 Å². The molecule has 2 rings (SSSR count). The Morgan fingerprint density at radius 3 is 2.74 bits per heavy atom. The minimum atomic E-state index is -0.103. The zero-order valence-electron chi connectivity index (χ0n) is 11.2. The van der Waals surface area contributed by atoms with Gasteiger partial charge in [0.25, 0.3) is 5.91 Å². The molecular weight excluding hydrogens is 262 g/mol. The number of nitrogens with zero attached hydrogens (tertiary/aromatic N) is 1. The van der Waals surface area contributed by atoms with Crippen LogP contribution in [0.15, 0.2) is 18.2 Å². The second-order valence-corrected chi connectivity index (χ2v) is 5.52. The van der Waals surface area contributed by atoms with Crippen LogP contribution in [-0.2, 0) is 0 Å². The van der Waals surface area contributed by atoms with Gasteiger partial charge in [0.05, 0.1) is 5.56 Å². The van der Waals surface area contributed by atoms with E-state index in [4.69, 9.17) is 11.6 Å². The number of aryl methyl sites for hydroxylation is 1. The van der Waals surface area contributed by atoms with Crippen LogP contribution >= 0.6 is 11.6 Å². The van der Waals surface area contributed by atoms with Crippen molar-refractivity contribution in [1.82, 2.24) is 4.90 Å². The van der Waals surface area contributed by atoms with E-state index in [1.165, 1.54) is 0 Å². The standard InChI is InChI=1S/C15H20ClNO2/c1-11-6-7-14(18)13(10-11)15(19)17(9-8-16)12-4-2-3-5-12/h6-7,10,12,18H,2-5,8-9H2,1H3. The van der Waals surface area contributed by atoms with Crippen LogP contribution in [0.2, 0.25) is 0 Å². The van der Waals surface area contributed by atoms with Gasteiger partial charge in [-0.15, -0.1) is 11.6 Å². The Kier molecular flexibility index (Phi) is 4.70. The first kappa shape index (κ1) is 14.2. The molecule has 0 spiro atoms. The summed E-state index contributed by atoms with van der Waals surface area (Å²) in [7, 11) is 0. The van der Waals surface area contributed by atoms with Crippen molar-refractivity contribution in [3.8, 4) is 5.75 Å². The minimum absolute atomic E-state index is 0.0492. The molecule has 1 saturated carbocycles. The molecule has 0 bridgehead atoms. The maximum Gasteiger partial charge on any atom is 0.257 e. The lowest BCUT2D eigenvalue weighted by Gasteiger charge is -2.28. The Morgan fingerprint density at radius 2 is 2.11 bits per heavy atom. The third-order valence-corrected chi connectivity index (χ3v) is 3.90. The summed E-state index contributed by atoms with van der Waals surface area (Å²) >= 11 is 5.82. The first-order valence-corrected chi connectivity index (χ1v) is 7.33. The third kappa shape index (κ3) is 3.21. The number of amides is 1. The number of halogens is 1. The van der Waals surface area contributed by atoms with Crippen molar-refractivity contribution in [2.75, 3.05) is 12.4 Å². The number of hydrogen-bond donors (Lipinski definition) is 1. The van der Waals surface area contributed by atoms with Gasteiger partial charge in [-0.25, -0.2) is 0 Å². The lowest BCUT2D eigenvalue weighted by atomic mass is 10.1. The fourth-order valence-corrected chi connectivity index (χ4v) is 2.91. The highest BCUT2D eigenvalue weighted by molar-refractivity contribution is 6.18. The van der Waals surface area contributed by atoms with Crippen LogP contribution in [-0.4, -0.2) is 34.4 Å². The zero-order chi connectivity index (χ0) is 13.8. The number of phenols is 1. The molecule has 1 N–H and O–H groups in total. The Morgan fingerprint density at radius 1 is 1.42 bits per heavy atom. The molecule has 4 heteroatoms. The number of carbonyl (C=O) groups excluding carboxylic acids is 1.